The molecule has 0 aliphatic heterocycles. The standard InChI is InChI=1S/C10H11Cl2NO4S/c1-3-16-9(14)5(10(15)17-4-2)8-13-6(11)7(12)18-8/h5H,3-4H2,1-2H3. The number of hydrogen-bond donors (Lipinski definition) is 0. The Kier molecular flexibility index (Phi) is 5.84. The molecule has 8 heteroatoms. The van der Waals surface area contributed by atoms with Gasteiger partial charge >= 0.3 is 11.9 Å². The highest BCUT2D eigenvalue weighted by Crippen LogP contribution is 2.33. The van der Waals surface area contributed by atoms with Crippen molar-refractivity contribution < 1.29 is 19.1 Å². The first-order chi connectivity index (χ1) is 8.51. The minimum absolute atomic E-state index is 0.0512. The first kappa shape index (κ1) is 15.2. The van der Waals surface area contributed by atoms with Gasteiger partial charge in [0, 0.05) is 0 Å². The fourth-order valence-corrected chi connectivity index (χ4v) is 2.47. The van der Waals surface area contributed by atoms with E-state index in [0.717, 1.165) is 11.3 Å². The van der Waals surface area contributed by atoms with Crippen molar-refractivity contribution >= 4 is 46.5 Å². The molecule has 0 N–H and O–H groups in total. The maximum Gasteiger partial charge on any atom is 0.327 e. The Morgan fingerprint density at radius 3 is 2.06 bits per heavy atom. The van der Waals surface area contributed by atoms with Crippen LogP contribution in [-0.2, 0) is 19.1 Å². The van der Waals surface area contributed by atoms with Crippen molar-refractivity contribution in [2.45, 2.75) is 19.8 Å². The van der Waals surface area contributed by atoms with Gasteiger partial charge in [-0.25, -0.2) is 4.98 Å². The molecule has 5 nitrogen and oxygen atoms in total. The highest BCUT2D eigenvalue weighted by atomic mass is 35.5. The summed E-state index contributed by atoms with van der Waals surface area (Å²) in [5.41, 5.74) is 0. The van der Waals surface area contributed by atoms with Crippen molar-refractivity contribution in [2.75, 3.05) is 13.2 Å². The van der Waals surface area contributed by atoms with Crippen LogP contribution < -0.4 is 0 Å². The van der Waals surface area contributed by atoms with Gasteiger partial charge in [-0.05, 0) is 13.8 Å². The summed E-state index contributed by atoms with van der Waals surface area (Å²) in [4.78, 5) is 27.3. The Balaban J connectivity index is 3.03. The van der Waals surface area contributed by atoms with E-state index in [1.54, 1.807) is 13.8 Å². The van der Waals surface area contributed by atoms with Crippen LogP contribution in [0.3, 0.4) is 0 Å². The average Bonchev–Trinajstić information content (AvgIpc) is 2.59. The third-order valence-electron chi connectivity index (χ3n) is 1.86. The average molecular weight is 312 g/mol. The fraction of sp³-hybridized carbons (Fsp3) is 0.500. The molecule has 0 saturated carbocycles. The van der Waals surface area contributed by atoms with Crippen LogP contribution >= 0.6 is 34.5 Å². The van der Waals surface area contributed by atoms with Crippen LogP contribution in [0.5, 0.6) is 0 Å². The van der Waals surface area contributed by atoms with Gasteiger partial charge in [0.2, 0.25) is 5.92 Å². The second kappa shape index (κ2) is 6.92. The molecule has 18 heavy (non-hydrogen) atoms. The lowest BCUT2D eigenvalue weighted by Gasteiger charge is -2.11. The molecule has 0 aromatic carbocycles. The third kappa shape index (κ3) is 3.57. The molecule has 0 aliphatic carbocycles. The number of nitrogens with zero attached hydrogens (tertiary/aromatic N) is 1. The SMILES string of the molecule is CCOC(=O)C(C(=O)OCC)c1nc(Cl)c(Cl)s1. The highest BCUT2D eigenvalue weighted by Gasteiger charge is 2.35. The number of thiazole rings is 1. The van der Waals surface area contributed by atoms with E-state index in [1.165, 1.54) is 0 Å². The Bertz CT molecular complexity index is 412. The molecular formula is C10H11Cl2NO4S. The number of halogens is 2. The van der Waals surface area contributed by atoms with Crippen LogP contribution in [0.25, 0.3) is 0 Å². The number of carbonyl (C=O) groups is 2. The number of rotatable bonds is 5. The topological polar surface area (TPSA) is 65.5 Å². The molecule has 0 aliphatic rings. The van der Waals surface area contributed by atoms with Gasteiger partial charge in [0.05, 0.1) is 13.2 Å². The lowest BCUT2D eigenvalue weighted by atomic mass is 10.1. The van der Waals surface area contributed by atoms with E-state index in [9.17, 15) is 9.59 Å². The van der Waals surface area contributed by atoms with Gasteiger partial charge in [-0.1, -0.05) is 23.2 Å². The molecule has 0 spiro atoms. The van der Waals surface area contributed by atoms with Crippen molar-refractivity contribution in [3.05, 3.63) is 14.5 Å². The summed E-state index contributed by atoms with van der Waals surface area (Å²) in [6.07, 6.45) is 0. The molecule has 1 aromatic heterocycles. The summed E-state index contributed by atoms with van der Waals surface area (Å²) < 4.78 is 9.84. The maximum atomic E-state index is 11.7. The van der Waals surface area contributed by atoms with Crippen LogP contribution in [0.2, 0.25) is 9.49 Å². The van der Waals surface area contributed by atoms with Gasteiger partial charge in [-0.3, -0.25) is 9.59 Å². The van der Waals surface area contributed by atoms with Crippen LogP contribution in [0.4, 0.5) is 0 Å². The molecule has 0 unspecified atom stereocenters. The van der Waals surface area contributed by atoms with Gasteiger partial charge in [-0.2, -0.15) is 0 Å². The lowest BCUT2D eigenvalue weighted by molar-refractivity contribution is -0.156. The van der Waals surface area contributed by atoms with E-state index >= 15 is 0 Å². The van der Waals surface area contributed by atoms with Crippen LogP contribution in [0.15, 0.2) is 0 Å². The van der Waals surface area contributed by atoms with E-state index < -0.39 is 17.9 Å². The van der Waals surface area contributed by atoms with E-state index in [4.69, 9.17) is 32.7 Å². The highest BCUT2D eigenvalue weighted by molar-refractivity contribution is 7.16. The van der Waals surface area contributed by atoms with Crippen molar-refractivity contribution in [3.8, 4) is 0 Å². The molecule has 1 rings (SSSR count). The molecule has 0 amide bonds. The van der Waals surface area contributed by atoms with Crippen molar-refractivity contribution in [1.29, 1.82) is 0 Å². The molecule has 1 heterocycles. The second-order valence-corrected chi connectivity index (χ2v) is 5.04. The number of hydrogen-bond acceptors (Lipinski definition) is 6. The maximum absolute atomic E-state index is 11.7. The first-order valence-electron chi connectivity index (χ1n) is 5.16. The molecule has 0 radical (unpaired) electrons. The van der Waals surface area contributed by atoms with E-state index in [1.807, 2.05) is 0 Å². The fourth-order valence-electron chi connectivity index (χ4n) is 1.17. The smallest absolute Gasteiger partial charge is 0.327 e. The summed E-state index contributed by atoms with van der Waals surface area (Å²) >= 11 is 12.4. The Morgan fingerprint density at radius 2 is 1.72 bits per heavy atom. The quantitative estimate of drug-likeness (QED) is 0.618. The summed E-state index contributed by atoms with van der Waals surface area (Å²) in [5.74, 6) is -2.68. The monoisotopic (exact) mass is 311 g/mol. The van der Waals surface area contributed by atoms with Crippen molar-refractivity contribution in [3.63, 3.8) is 0 Å². The zero-order chi connectivity index (χ0) is 13.7. The Labute approximate surface area is 118 Å². The lowest BCUT2D eigenvalue weighted by Crippen LogP contribution is -2.26. The largest absolute Gasteiger partial charge is 0.465 e. The zero-order valence-electron chi connectivity index (χ0n) is 9.74. The minimum Gasteiger partial charge on any atom is -0.465 e. The molecule has 100 valence electrons. The molecule has 0 saturated heterocycles. The number of ether oxygens (including phenoxy) is 2. The summed E-state index contributed by atoms with van der Waals surface area (Å²) in [6, 6.07) is 0. The normalized spacial score (nSPS) is 10.5. The van der Waals surface area contributed by atoms with E-state index in [-0.39, 0.29) is 27.7 Å². The van der Waals surface area contributed by atoms with Crippen LogP contribution in [0.1, 0.15) is 24.8 Å². The van der Waals surface area contributed by atoms with E-state index in [2.05, 4.69) is 4.98 Å². The molecule has 0 bridgehead atoms. The summed E-state index contributed by atoms with van der Waals surface area (Å²) in [7, 11) is 0. The predicted molar refractivity (Wildman–Crippen MR) is 68.1 cm³/mol. The van der Waals surface area contributed by atoms with Crippen LogP contribution in [-0.4, -0.2) is 30.1 Å². The molecule has 1 aromatic rings. The number of aromatic nitrogens is 1. The van der Waals surface area contributed by atoms with E-state index in [0.29, 0.717) is 0 Å². The van der Waals surface area contributed by atoms with Gasteiger partial charge in [-0.15, -0.1) is 11.3 Å². The third-order valence-corrected chi connectivity index (χ3v) is 3.66. The van der Waals surface area contributed by atoms with Crippen LogP contribution in [0, 0.1) is 0 Å². The first-order valence-corrected chi connectivity index (χ1v) is 6.73. The predicted octanol–water partition coefficient (Wildman–Crippen LogP) is 2.66. The Hall–Kier alpha value is -0.850. The van der Waals surface area contributed by atoms with Gasteiger partial charge in [0.25, 0.3) is 0 Å². The van der Waals surface area contributed by atoms with Gasteiger partial charge < -0.3 is 9.47 Å². The second-order valence-electron chi connectivity index (χ2n) is 3.05. The van der Waals surface area contributed by atoms with Gasteiger partial charge in [0.15, 0.2) is 5.15 Å². The number of esters is 2. The van der Waals surface area contributed by atoms with Crippen molar-refractivity contribution in [2.24, 2.45) is 0 Å². The van der Waals surface area contributed by atoms with Gasteiger partial charge in [0.1, 0.15) is 9.34 Å². The van der Waals surface area contributed by atoms with Crippen molar-refractivity contribution in [1.82, 2.24) is 4.98 Å². The summed E-state index contributed by atoms with van der Waals surface area (Å²) in [5, 5.41) is 0.220. The summed E-state index contributed by atoms with van der Waals surface area (Å²) in [6.45, 7) is 3.59. The molecule has 0 atom stereocenters. The number of carbonyl (C=O) groups excluding carboxylic acids is 2. The zero-order valence-corrected chi connectivity index (χ0v) is 12.1. The minimum atomic E-state index is -1.24. The Morgan fingerprint density at radius 1 is 1.22 bits per heavy atom. The molecule has 0 fully saturated rings. The molecular weight excluding hydrogens is 301 g/mol.